The lowest BCUT2D eigenvalue weighted by Crippen LogP contribution is -2.43. The van der Waals surface area contributed by atoms with Crippen LogP contribution in [0, 0.1) is 0 Å². The molecule has 2 aliphatic rings. The molecule has 81 valence electrons. The summed E-state index contributed by atoms with van der Waals surface area (Å²) in [7, 11) is 0. The van der Waals surface area contributed by atoms with Crippen molar-refractivity contribution in [3.63, 3.8) is 0 Å². The molecule has 0 bridgehead atoms. The van der Waals surface area contributed by atoms with Gasteiger partial charge in [-0.1, -0.05) is 12.8 Å². The van der Waals surface area contributed by atoms with Gasteiger partial charge in [0, 0.05) is 18.6 Å². The van der Waals surface area contributed by atoms with Gasteiger partial charge in [0.2, 0.25) is 0 Å². The summed E-state index contributed by atoms with van der Waals surface area (Å²) in [6, 6.07) is 0.992. The second-order valence-electron chi connectivity index (χ2n) is 4.39. The standard InChI is InChI=1S/C11H21N2O/c1-2-6-10(12-8-4-1)11-7-3-5-9-14-13-11/h10-11,13H,1-9H2. The van der Waals surface area contributed by atoms with Crippen LogP contribution in [0.2, 0.25) is 0 Å². The van der Waals surface area contributed by atoms with Crippen LogP contribution in [0.25, 0.3) is 0 Å². The highest BCUT2D eigenvalue weighted by atomic mass is 16.6. The molecule has 0 aliphatic carbocycles. The first kappa shape index (κ1) is 10.4. The maximum Gasteiger partial charge on any atom is 0.0682 e. The molecule has 14 heavy (non-hydrogen) atoms. The molecular weight excluding hydrogens is 176 g/mol. The lowest BCUT2D eigenvalue weighted by Gasteiger charge is -2.24. The second-order valence-corrected chi connectivity index (χ2v) is 4.39. The van der Waals surface area contributed by atoms with Crippen LogP contribution >= 0.6 is 0 Å². The minimum atomic E-state index is 0.482. The highest BCUT2D eigenvalue weighted by Crippen LogP contribution is 2.17. The van der Waals surface area contributed by atoms with E-state index in [0.29, 0.717) is 12.1 Å². The average molecular weight is 197 g/mol. The van der Waals surface area contributed by atoms with E-state index >= 15 is 0 Å². The molecule has 0 saturated carbocycles. The van der Waals surface area contributed by atoms with Gasteiger partial charge in [0.15, 0.2) is 0 Å². The Hall–Kier alpha value is -0.120. The highest BCUT2D eigenvalue weighted by Gasteiger charge is 2.24. The molecule has 0 aromatic heterocycles. The van der Waals surface area contributed by atoms with Gasteiger partial charge in [0.25, 0.3) is 0 Å². The minimum absolute atomic E-state index is 0.482. The van der Waals surface area contributed by atoms with E-state index in [1.165, 1.54) is 44.9 Å². The molecule has 3 nitrogen and oxygen atoms in total. The molecule has 2 atom stereocenters. The third kappa shape index (κ3) is 2.94. The molecule has 1 N–H and O–H groups in total. The topological polar surface area (TPSA) is 35.4 Å². The summed E-state index contributed by atoms with van der Waals surface area (Å²) in [6.07, 6.45) is 8.93. The predicted molar refractivity (Wildman–Crippen MR) is 56.0 cm³/mol. The molecule has 0 amide bonds. The fourth-order valence-electron chi connectivity index (χ4n) is 2.35. The first-order chi connectivity index (χ1) is 6.97. The zero-order chi connectivity index (χ0) is 9.64. The normalized spacial score (nSPS) is 36.0. The van der Waals surface area contributed by atoms with E-state index < -0.39 is 0 Å². The van der Waals surface area contributed by atoms with Crippen molar-refractivity contribution >= 4 is 0 Å². The minimum Gasteiger partial charge on any atom is -0.301 e. The van der Waals surface area contributed by atoms with E-state index in [0.717, 1.165) is 13.2 Å². The molecule has 0 aromatic carbocycles. The third-order valence-corrected chi connectivity index (χ3v) is 3.23. The fourth-order valence-corrected chi connectivity index (χ4v) is 2.35. The Kier molecular flexibility index (Phi) is 4.22. The average Bonchev–Trinajstić information content (AvgIpc) is 2.62. The summed E-state index contributed by atoms with van der Waals surface area (Å²) in [5.74, 6) is 0. The van der Waals surface area contributed by atoms with E-state index in [1.54, 1.807) is 0 Å². The highest BCUT2D eigenvalue weighted by molar-refractivity contribution is 4.82. The van der Waals surface area contributed by atoms with Gasteiger partial charge in [-0.2, -0.15) is 5.48 Å². The molecule has 1 radical (unpaired) electrons. The van der Waals surface area contributed by atoms with Crippen molar-refractivity contribution in [2.45, 2.75) is 57.0 Å². The van der Waals surface area contributed by atoms with Gasteiger partial charge in [-0.05, 0) is 32.1 Å². The zero-order valence-corrected chi connectivity index (χ0v) is 8.87. The van der Waals surface area contributed by atoms with Gasteiger partial charge < -0.3 is 4.84 Å². The predicted octanol–water partition coefficient (Wildman–Crippen LogP) is 1.61. The maximum atomic E-state index is 5.39. The van der Waals surface area contributed by atoms with Gasteiger partial charge in [-0.3, -0.25) is 0 Å². The van der Waals surface area contributed by atoms with E-state index in [2.05, 4.69) is 5.48 Å². The molecule has 2 rings (SSSR count). The van der Waals surface area contributed by atoms with E-state index in [-0.39, 0.29) is 0 Å². The van der Waals surface area contributed by atoms with Gasteiger partial charge in [0.05, 0.1) is 6.61 Å². The summed E-state index contributed by atoms with van der Waals surface area (Å²) in [5.41, 5.74) is 3.19. The molecule has 2 unspecified atom stereocenters. The molecular formula is C11H21N2O. The summed E-state index contributed by atoms with van der Waals surface area (Å²) in [5, 5.41) is 4.75. The number of hydrogen-bond acceptors (Lipinski definition) is 2. The van der Waals surface area contributed by atoms with Crippen LogP contribution in [0.5, 0.6) is 0 Å². The van der Waals surface area contributed by atoms with Crippen molar-refractivity contribution in [1.82, 2.24) is 10.8 Å². The smallest absolute Gasteiger partial charge is 0.0682 e. The number of nitrogens with zero attached hydrogens (tertiary/aromatic N) is 1. The van der Waals surface area contributed by atoms with Gasteiger partial charge in [-0.25, -0.2) is 5.32 Å². The zero-order valence-electron chi connectivity index (χ0n) is 8.87. The van der Waals surface area contributed by atoms with Crippen molar-refractivity contribution in [3.8, 4) is 0 Å². The number of nitrogens with one attached hydrogen (secondary N) is 1. The van der Waals surface area contributed by atoms with E-state index in [4.69, 9.17) is 10.2 Å². The van der Waals surface area contributed by atoms with Gasteiger partial charge in [0.1, 0.15) is 0 Å². The summed E-state index contributed by atoms with van der Waals surface area (Å²) < 4.78 is 0. The third-order valence-electron chi connectivity index (χ3n) is 3.23. The molecule has 0 spiro atoms. The molecule has 0 aromatic rings. The van der Waals surface area contributed by atoms with E-state index in [1.807, 2.05) is 0 Å². The van der Waals surface area contributed by atoms with Crippen LogP contribution in [-0.2, 0) is 4.84 Å². The second kappa shape index (κ2) is 5.69. The first-order valence-corrected chi connectivity index (χ1v) is 6.01. The van der Waals surface area contributed by atoms with Crippen molar-refractivity contribution in [3.05, 3.63) is 0 Å². The molecule has 2 heterocycles. The van der Waals surface area contributed by atoms with Crippen LogP contribution in [0.1, 0.15) is 44.9 Å². The largest absolute Gasteiger partial charge is 0.301 e. The Bertz CT molecular complexity index is 129. The van der Waals surface area contributed by atoms with Crippen LogP contribution in [-0.4, -0.2) is 25.2 Å². The lowest BCUT2D eigenvalue weighted by molar-refractivity contribution is 0.0185. The summed E-state index contributed by atoms with van der Waals surface area (Å²) in [6.45, 7) is 1.92. The Morgan fingerprint density at radius 1 is 1.00 bits per heavy atom. The summed E-state index contributed by atoms with van der Waals surface area (Å²) >= 11 is 0. The Balaban J connectivity index is 1.83. The SMILES string of the molecule is C1CC[N]C(C2CCCCON2)CC1. The van der Waals surface area contributed by atoms with Crippen LogP contribution < -0.4 is 10.8 Å². The maximum absolute atomic E-state index is 5.39. The van der Waals surface area contributed by atoms with Crippen molar-refractivity contribution in [1.29, 1.82) is 0 Å². The Morgan fingerprint density at radius 3 is 2.93 bits per heavy atom. The van der Waals surface area contributed by atoms with Crippen molar-refractivity contribution in [2.24, 2.45) is 0 Å². The fraction of sp³-hybridized carbons (Fsp3) is 1.00. The Labute approximate surface area is 86.5 Å². The van der Waals surface area contributed by atoms with Gasteiger partial charge >= 0.3 is 0 Å². The first-order valence-electron chi connectivity index (χ1n) is 6.01. The molecule has 2 fully saturated rings. The number of hydrogen-bond donors (Lipinski definition) is 1. The van der Waals surface area contributed by atoms with Crippen molar-refractivity contribution in [2.75, 3.05) is 13.2 Å². The van der Waals surface area contributed by atoms with Crippen LogP contribution in [0.15, 0.2) is 0 Å². The number of rotatable bonds is 1. The number of hydroxylamine groups is 1. The van der Waals surface area contributed by atoms with E-state index in [9.17, 15) is 0 Å². The molecule has 3 heteroatoms. The molecule has 2 aliphatic heterocycles. The lowest BCUT2D eigenvalue weighted by atomic mass is 9.99. The molecule has 2 saturated heterocycles. The van der Waals surface area contributed by atoms with Gasteiger partial charge in [-0.15, -0.1) is 0 Å². The summed E-state index contributed by atoms with van der Waals surface area (Å²) in [4.78, 5) is 5.39. The Morgan fingerprint density at radius 2 is 1.93 bits per heavy atom. The van der Waals surface area contributed by atoms with Crippen molar-refractivity contribution < 1.29 is 4.84 Å². The van der Waals surface area contributed by atoms with Crippen LogP contribution in [0.4, 0.5) is 0 Å². The quantitative estimate of drug-likeness (QED) is 0.693. The van der Waals surface area contributed by atoms with Crippen LogP contribution in [0.3, 0.4) is 0 Å². The monoisotopic (exact) mass is 197 g/mol.